The van der Waals surface area contributed by atoms with Crippen molar-refractivity contribution < 1.29 is 22.6 Å². The van der Waals surface area contributed by atoms with E-state index >= 15 is 0 Å². The molecule has 1 aliphatic rings. The molecule has 0 spiro atoms. The molecule has 0 amide bonds. The fourth-order valence-corrected chi connectivity index (χ4v) is 5.66. The summed E-state index contributed by atoms with van der Waals surface area (Å²) in [7, 11) is -4.24. The first-order chi connectivity index (χ1) is 12.7. The van der Waals surface area contributed by atoms with Crippen LogP contribution in [0, 0.1) is 0 Å². The van der Waals surface area contributed by atoms with Gasteiger partial charge >= 0.3 is 154 Å². The van der Waals surface area contributed by atoms with Gasteiger partial charge < -0.3 is 0 Å². The Morgan fingerprint density at radius 2 is 0.962 bits per heavy atom. The van der Waals surface area contributed by atoms with Gasteiger partial charge in [-0.15, -0.1) is 0 Å². The van der Waals surface area contributed by atoms with E-state index in [-0.39, 0.29) is 0 Å². The van der Waals surface area contributed by atoms with E-state index in [0.717, 1.165) is 11.1 Å². The van der Waals surface area contributed by atoms with Crippen molar-refractivity contribution in [2.75, 3.05) is 19.8 Å². The van der Waals surface area contributed by atoms with Crippen LogP contribution in [0.4, 0.5) is 0 Å². The van der Waals surface area contributed by atoms with Gasteiger partial charge in [0.1, 0.15) is 0 Å². The van der Waals surface area contributed by atoms with Gasteiger partial charge in [-0.1, -0.05) is 0 Å². The van der Waals surface area contributed by atoms with Gasteiger partial charge in [0.2, 0.25) is 0 Å². The van der Waals surface area contributed by atoms with E-state index in [0.29, 0.717) is 31.3 Å². The summed E-state index contributed by atoms with van der Waals surface area (Å²) in [4.78, 5) is 0. The minimum absolute atomic E-state index is 0.335. The van der Waals surface area contributed by atoms with Crippen LogP contribution in [0.2, 0.25) is 0 Å². The van der Waals surface area contributed by atoms with Gasteiger partial charge in [-0.05, 0) is 0 Å². The van der Waals surface area contributed by atoms with E-state index in [2.05, 4.69) is 0 Å². The molecule has 2 aromatic carbocycles. The van der Waals surface area contributed by atoms with Crippen molar-refractivity contribution in [3.8, 4) is 0 Å². The molecule has 0 atom stereocenters. The quantitative estimate of drug-likeness (QED) is 0.545. The molecule has 0 saturated heterocycles. The molecule has 6 heteroatoms. The summed E-state index contributed by atoms with van der Waals surface area (Å²) in [5, 5.41) is 0. The van der Waals surface area contributed by atoms with Crippen molar-refractivity contribution in [1.82, 2.24) is 0 Å². The fraction of sp³-hybridized carbons (Fsp3) is 0.300. The summed E-state index contributed by atoms with van der Waals surface area (Å²) < 4.78 is 30.6. The molecule has 1 heterocycles. The van der Waals surface area contributed by atoms with Crippen molar-refractivity contribution in [3.05, 3.63) is 71.8 Å². The van der Waals surface area contributed by atoms with Crippen LogP contribution in [-0.2, 0) is 22.6 Å². The van der Waals surface area contributed by atoms with Crippen LogP contribution < -0.4 is 0 Å². The summed E-state index contributed by atoms with van der Waals surface area (Å²) in [6.07, 6.45) is 0. The molecule has 0 unspecified atom stereocenters. The van der Waals surface area contributed by atoms with E-state index in [1.165, 1.54) is 0 Å². The predicted octanol–water partition coefficient (Wildman–Crippen LogP) is 5.80. The topological polar surface area (TPSA) is 46.2 Å². The van der Waals surface area contributed by atoms with E-state index in [1.54, 1.807) is 0 Å². The normalized spacial score (nSPS) is 19.3. The molecule has 5 nitrogen and oxygen atoms in total. The molecule has 0 saturated carbocycles. The molecule has 0 fully saturated rings. The Morgan fingerprint density at radius 3 is 1.27 bits per heavy atom. The van der Waals surface area contributed by atoms with Crippen molar-refractivity contribution in [3.63, 3.8) is 0 Å². The van der Waals surface area contributed by atoms with Crippen molar-refractivity contribution >= 4 is 19.3 Å². The Labute approximate surface area is 154 Å². The molecular formula is C20H25O5P. The second-order valence-corrected chi connectivity index (χ2v) is 8.20. The van der Waals surface area contributed by atoms with Crippen LogP contribution in [0.5, 0.6) is 0 Å². The third-order valence-corrected chi connectivity index (χ3v) is 6.78. The molecule has 26 heavy (non-hydrogen) atoms. The van der Waals surface area contributed by atoms with E-state index in [1.807, 2.05) is 81.4 Å². The van der Waals surface area contributed by atoms with Gasteiger partial charge in [0.15, 0.2) is 0 Å². The van der Waals surface area contributed by atoms with Gasteiger partial charge in [0.25, 0.3) is 0 Å². The summed E-state index contributed by atoms with van der Waals surface area (Å²) in [5.41, 5.74) is 1.74. The number of hydrogen-bond donors (Lipinski definition) is 0. The number of benzene rings is 2. The maximum atomic E-state index is 6.33. The molecule has 0 aliphatic carbocycles. The van der Waals surface area contributed by atoms with Gasteiger partial charge in [-0.25, -0.2) is 0 Å². The molecule has 1 aliphatic heterocycles. The van der Waals surface area contributed by atoms with Crippen LogP contribution in [0.25, 0.3) is 11.5 Å². The number of hydrogen-bond acceptors (Lipinski definition) is 5. The molecular weight excluding hydrogens is 351 g/mol. The van der Waals surface area contributed by atoms with E-state index < -0.39 is 7.74 Å². The predicted molar refractivity (Wildman–Crippen MR) is 104 cm³/mol. The molecule has 140 valence electrons. The Balaban J connectivity index is 2.15. The molecule has 2 aromatic rings. The first kappa shape index (κ1) is 18.9. The van der Waals surface area contributed by atoms with Gasteiger partial charge in [0.05, 0.1) is 0 Å². The van der Waals surface area contributed by atoms with Gasteiger partial charge in [-0.2, -0.15) is 0 Å². The molecule has 0 bridgehead atoms. The molecule has 0 aromatic heterocycles. The zero-order chi connectivity index (χ0) is 18.5. The van der Waals surface area contributed by atoms with Crippen LogP contribution in [0.15, 0.2) is 60.7 Å². The Morgan fingerprint density at radius 1 is 0.615 bits per heavy atom. The second kappa shape index (κ2) is 7.77. The summed E-state index contributed by atoms with van der Waals surface area (Å²) in [5.74, 6) is 1.12. The SMILES string of the molecule is CCOP1(OCC)(OCC)OC(c2ccccc2)=C(c2ccccc2)O1. The average molecular weight is 376 g/mol. The van der Waals surface area contributed by atoms with E-state index in [9.17, 15) is 0 Å². The first-order valence-electron chi connectivity index (χ1n) is 8.88. The summed E-state index contributed by atoms with van der Waals surface area (Å²) >= 11 is 0. The van der Waals surface area contributed by atoms with Gasteiger partial charge in [0, 0.05) is 0 Å². The van der Waals surface area contributed by atoms with Crippen molar-refractivity contribution in [2.45, 2.75) is 20.8 Å². The zero-order valence-corrected chi connectivity index (χ0v) is 16.3. The molecule has 3 rings (SSSR count). The number of rotatable bonds is 8. The monoisotopic (exact) mass is 376 g/mol. The van der Waals surface area contributed by atoms with Crippen LogP contribution in [0.3, 0.4) is 0 Å². The fourth-order valence-electron chi connectivity index (χ4n) is 2.85. The average Bonchev–Trinajstić information content (AvgIpc) is 3.00. The van der Waals surface area contributed by atoms with E-state index in [4.69, 9.17) is 22.6 Å². The Kier molecular flexibility index (Phi) is 5.64. The Hall–Kier alpha value is -1.91. The first-order valence-corrected chi connectivity index (χ1v) is 10.7. The zero-order valence-electron chi connectivity index (χ0n) is 15.4. The van der Waals surface area contributed by atoms with Crippen LogP contribution >= 0.6 is 7.74 Å². The summed E-state index contributed by atoms with van der Waals surface area (Å²) in [6, 6.07) is 19.5. The standard InChI is InChI=1S/C20H25O5P/c1-4-21-26(22-5-2,23-6-3)24-19(17-13-9-7-10-14-17)20(25-26)18-15-11-8-12-16-18/h7-16H,4-6H2,1-3H3. The molecule has 0 N–H and O–H groups in total. The minimum atomic E-state index is -4.24. The summed E-state index contributed by atoms with van der Waals surface area (Å²) in [6.45, 7) is 6.59. The second-order valence-electron chi connectivity index (χ2n) is 5.57. The third-order valence-electron chi connectivity index (χ3n) is 3.78. The van der Waals surface area contributed by atoms with Crippen LogP contribution in [0.1, 0.15) is 31.9 Å². The molecule has 0 radical (unpaired) electrons. The Bertz CT molecular complexity index is 685. The van der Waals surface area contributed by atoms with Crippen molar-refractivity contribution in [2.24, 2.45) is 0 Å². The van der Waals surface area contributed by atoms with Crippen molar-refractivity contribution in [1.29, 1.82) is 0 Å². The third kappa shape index (κ3) is 3.49. The maximum absolute atomic E-state index is 6.33. The van der Waals surface area contributed by atoms with Crippen LogP contribution in [-0.4, -0.2) is 19.8 Å². The van der Waals surface area contributed by atoms with Gasteiger partial charge in [-0.3, -0.25) is 0 Å².